The molecule has 0 fully saturated rings. The van der Waals surface area contributed by atoms with Gasteiger partial charge in [-0.3, -0.25) is 4.79 Å². The summed E-state index contributed by atoms with van der Waals surface area (Å²) in [7, 11) is -3.41. The molecule has 0 saturated carbocycles. The van der Waals surface area contributed by atoms with Crippen molar-refractivity contribution in [3.8, 4) is 11.5 Å². The SMILES string of the molecule is Cc1cc2c(cc1C)S(=O)(=O)CC1=C2SC(C(=O)NCc2ccc3c(c2)OCO3)C1C. The topological polar surface area (TPSA) is 81.7 Å². The van der Waals surface area contributed by atoms with E-state index in [0.717, 1.165) is 32.7 Å². The number of ether oxygens (including phenoxy) is 2. The van der Waals surface area contributed by atoms with E-state index in [-0.39, 0.29) is 29.6 Å². The predicted molar refractivity (Wildman–Crippen MR) is 120 cm³/mol. The summed E-state index contributed by atoms with van der Waals surface area (Å²) in [5.74, 6) is 1.13. The van der Waals surface area contributed by atoms with Crippen molar-refractivity contribution in [3.05, 3.63) is 58.2 Å². The van der Waals surface area contributed by atoms with E-state index in [1.54, 1.807) is 6.07 Å². The lowest BCUT2D eigenvalue weighted by atomic mass is 9.95. The normalized spacial score (nSPS) is 22.8. The first kappa shape index (κ1) is 20.5. The van der Waals surface area contributed by atoms with Gasteiger partial charge in [0.25, 0.3) is 0 Å². The first-order valence-electron chi connectivity index (χ1n) is 10.1. The summed E-state index contributed by atoms with van der Waals surface area (Å²) in [5, 5.41) is 2.65. The average Bonchev–Trinajstić information content (AvgIpc) is 3.32. The molecular weight excluding hydrogens is 434 g/mol. The molecule has 8 heteroatoms. The molecular formula is C23H23NO5S2. The second-order valence-corrected chi connectivity index (χ2v) is 11.4. The molecule has 3 aliphatic rings. The van der Waals surface area contributed by atoms with Gasteiger partial charge in [0.2, 0.25) is 12.7 Å². The van der Waals surface area contributed by atoms with E-state index in [2.05, 4.69) is 5.32 Å². The predicted octanol–water partition coefficient (Wildman–Crippen LogP) is 3.60. The number of hydrogen-bond donors (Lipinski definition) is 1. The molecule has 0 aromatic heterocycles. The number of amides is 1. The van der Waals surface area contributed by atoms with E-state index in [4.69, 9.17) is 9.47 Å². The third kappa shape index (κ3) is 3.42. The van der Waals surface area contributed by atoms with Gasteiger partial charge in [-0.25, -0.2) is 8.42 Å². The number of thioether (sulfide) groups is 1. The molecule has 31 heavy (non-hydrogen) atoms. The fourth-order valence-corrected chi connectivity index (χ4v) is 7.75. The van der Waals surface area contributed by atoms with Crippen LogP contribution in [-0.2, 0) is 21.2 Å². The summed E-state index contributed by atoms with van der Waals surface area (Å²) in [6.07, 6.45) is 0. The molecule has 162 valence electrons. The summed E-state index contributed by atoms with van der Waals surface area (Å²) in [4.78, 5) is 14.4. The zero-order valence-electron chi connectivity index (χ0n) is 17.5. The molecule has 2 unspecified atom stereocenters. The lowest BCUT2D eigenvalue weighted by molar-refractivity contribution is -0.121. The number of fused-ring (bicyclic) bond motifs is 3. The number of hydrogen-bond acceptors (Lipinski definition) is 6. The van der Waals surface area contributed by atoms with Gasteiger partial charge in [0.15, 0.2) is 21.3 Å². The van der Waals surface area contributed by atoms with Gasteiger partial charge in [0.1, 0.15) is 0 Å². The molecule has 0 saturated heterocycles. The van der Waals surface area contributed by atoms with Crippen LogP contribution in [0.3, 0.4) is 0 Å². The molecule has 1 amide bonds. The third-order valence-electron chi connectivity index (χ3n) is 6.22. The van der Waals surface area contributed by atoms with E-state index in [0.29, 0.717) is 22.9 Å². The van der Waals surface area contributed by atoms with Crippen LogP contribution < -0.4 is 14.8 Å². The highest BCUT2D eigenvalue weighted by Crippen LogP contribution is 2.52. The van der Waals surface area contributed by atoms with Crippen LogP contribution in [0.4, 0.5) is 0 Å². The Morgan fingerprint density at radius 1 is 1.13 bits per heavy atom. The van der Waals surface area contributed by atoms with Crippen LogP contribution >= 0.6 is 11.8 Å². The maximum Gasteiger partial charge on any atom is 0.234 e. The summed E-state index contributed by atoms with van der Waals surface area (Å²) in [6, 6.07) is 9.32. The smallest absolute Gasteiger partial charge is 0.234 e. The molecule has 0 bridgehead atoms. The zero-order valence-corrected chi connectivity index (χ0v) is 19.2. The van der Waals surface area contributed by atoms with Crippen molar-refractivity contribution < 1.29 is 22.7 Å². The highest BCUT2D eigenvalue weighted by Gasteiger charge is 2.43. The number of carbonyl (C=O) groups excluding carboxylic acids is 1. The molecule has 0 radical (unpaired) electrons. The molecule has 0 aliphatic carbocycles. The number of carbonyl (C=O) groups is 1. The van der Waals surface area contributed by atoms with Crippen molar-refractivity contribution in [3.63, 3.8) is 0 Å². The lowest BCUT2D eigenvalue weighted by Gasteiger charge is -2.21. The van der Waals surface area contributed by atoms with Crippen molar-refractivity contribution in [1.82, 2.24) is 5.32 Å². The van der Waals surface area contributed by atoms with Crippen molar-refractivity contribution in [1.29, 1.82) is 0 Å². The van der Waals surface area contributed by atoms with Crippen LogP contribution in [0.5, 0.6) is 11.5 Å². The number of aryl methyl sites for hydroxylation is 2. The summed E-state index contributed by atoms with van der Waals surface area (Å²) in [6.45, 7) is 6.43. The minimum absolute atomic E-state index is 0.0159. The number of rotatable bonds is 3. The molecule has 3 aliphatic heterocycles. The van der Waals surface area contributed by atoms with Gasteiger partial charge in [-0.15, -0.1) is 11.8 Å². The van der Waals surface area contributed by atoms with E-state index in [1.807, 2.05) is 45.0 Å². The molecule has 2 atom stereocenters. The quantitative estimate of drug-likeness (QED) is 0.759. The first-order valence-corrected chi connectivity index (χ1v) is 12.7. The van der Waals surface area contributed by atoms with Crippen molar-refractivity contribution >= 4 is 32.4 Å². The van der Waals surface area contributed by atoms with Gasteiger partial charge in [0.05, 0.1) is 15.9 Å². The maximum absolute atomic E-state index is 13.0. The zero-order chi connectivity index (χ0) is 21.9. The van der Waals surface area contributed by atoms with Crippen LogP contribution in [-0.4, -0.2) is 32.1 Å². The van der Waals surface area contributed by atoms with E-state index < -0.39 is 9.84 Å². The Labute approximate surface area is 185 Å². The van der Waals surface area contributed by atoms with Gasteiger partial charge in [-0.05, 0) is 60.4 Å². The summed E-state index contributed by atoms with van der Waals surface area (Å²) >= 11 is 1.48. The Morgan fingerprint density at radius 3 is 2.68 bits per heavy atom. The largest absolute Gasteiger partial charge is 0.454 e. The molecule has 5 rings (SSSR count). The first-order chi connectivity index (χ1) is 14.7. The second kappa shape index (κ2) is 7.31. The third-order valence-corrected chi connectivity index (χ3v) is 9.52. The van der Waals surface area contributed by atoms with Crippen LogP contribution in [0.2, 0.25) is 0 Å². The van der Waals surface area contributed by atoms with E-state index in [1.165, 1.54) is 11.8 Å². The van der Waals surface area contributed by atoms with Gasteiger partial charge < -0.3 is 14.8 Å². The fraction of sp³-hybridized carbons (Fsp3) is 0.348. The average molecular weight is 458 g/mol. The van der Waals surface area contributed by atoms with Crippen molar-refractivity contribution in [2.24, 2.45) is 5.92 Å². The molecule has 0 spiro atoms. The highest BCUT2D eigenvalue weighted by atomic mass is 32.2. The second-order valence-electron chi connectivity index (χ2n) is 8.28. The van der Waals surface area contributed by atoms with Gasteiger partial charge >= 0.3 is 0 Å². The highest BCUT2D eigenvalue weighted by molar-refractivity contribution is 8.10. The monoisotopic (exact) mass is 457 g/mol. The Kier molecular flexibility index (Phi) is 4.82. The molecule has 2 aromatic carbocycles. The fourth-order valence-electron chi connectivity index (χ4n) is 4.26. The van der Waals surface area contributed by atoms with Crippen molar-refractivity contribution in [2.75, 3.05) is 12.5 Å². The molecule has 3 heterocycles. The minimum atomic E-state index is -3.41. The molecule has 6 nitrogen and oxygen atoms in total. The van der Waals surface area contributed by atoms with E-state index in [9.17, 15) is 13.2 Å². The Balaban J connectivity index is 1.36. The van der Waals surface area contributed by atoms with Crippen LogP contribution in [0.1, 0.15) is 29.2 Å². The summed E-state index contributed by atoms with van der Waals surface area (Å²) in [5.41, 5.74) is 4.52. The van der Waals surface area contributed by atoms with Gasteiger partial charge in [-0.2, -0.15) is 0 Å². The number of sulfone groups is 1. The van der Waals surface area contributed by atoms with Crippen molar-refractivity contribution in [2.45, 2.75) is 37.5 Å². The van der Waals surface area contributed by atoms with Gasteiger partial charge in [0, 0.05) is 22.9 Å². The standard InChI is InChI=1S/C23H23NO5S2/c1-12-6-16-20(7-13(12)2)31(26,27)10-17-14(3)21(30-22(16)17)23(25)24-9-15-4-5-18-19(8-15)29-11-28-18/h4-8,14,21H,9-11H2,1-3H3,(H,24,25). The minimum Gasteiger partial charge on any atom is -0.454 e. The maximum atomic E-state index is 13.0. The molecule has 1 N–H and O–H groups in total. The summed E-state index contributed by atoms with van der Waals surface area (Å²) < 4.78 is 36.6. The molecule has 2 aromatic rings. The Hall–Kier alpha value is -2.45. The number of nitrogens with one attached hydrogen (secondary N) is 1. The Bertz CT molecular complexity index is 1250. The lowest BCUT2D eigenvalue weighted by Crippen LogP contribution is -2.35. The van der Waals surface area contributed by atoms with Gasteiger partial charge in [-0.1, -0.05) is 13.0 Å². The Morgan fingerprint density at radius 2 is 1.87 bits per heavy atom. The number of benzene rings is 2. The van der Waals surface area contributed by atoms with Crippen LogP contribution in [0, 0.1) is 19.8 Å². The van der Waals surface area contributed by atoms with Crippen LogP contribution in [0.25, 0.3) is 4.91 Å². The van der Waals surface area contributed by atoms with Crippen LogP contribution in [0.15, 0.2) is 40.8 Å². The van der Waals surface area contributed by atoms with E-state index >= 15 is 0 Å².